The average molecular weight is 374 g/mol. The molecule has 3 aliphatic rings. The number of rotatable bonds is 7. The summed E-state index contributed by atoms with van der Waals surface area (Å²) in [5.74, 6) is -6.49. The standard InChI is InChI=1S/C18H25F3N2O3/c1-11(8-16(19)6-2-3-7-16)14(25)23-17(9-18(20,21)10-17)13(24)15(26)22-12-4-5-12/h11-12H,2-10H2,1H3,(H,22,26)(H,23,25). The fourth-order valence-corrected chi connectivity index (χ4v) is 4.05. The van der Waals surface area contributed by atoms with Crippen LogP contribution >= 0.6 is 0 Å². The van der Waals surface area contributed by atoms with Crippen LogP contribution in [0, 0.1) is 5.92 Å². The summed E-state index contributed by atoms with van der Waals surface area (Å²) in [6, 6.07) is -0.0903. The summed E-state index contributed by atoms with van der Waals surface area (Å²) in [6.45, 7) is 1.52. The van der Waals surface area contributed by atoms with Crippen LogP contribution in [-0.2, 0) is 14.4 Å². The Balaban J connectivity index is 1.64. The number of carbonyl (C=O) groups excluding carboxylic acids is 3. The van der Waals surface area contributed by atoms with Crippen molar-refractivity contribution >= 4 is 17.6 Å². The molecule has 1 unspecified atom stereocenters. The van der Waals surface area contributed by atoms with Gasteiger partial charge in [-0.05, 0) is 32.1 Å². The molecule has 0 spiro atoms. The maximum atomic E-state index is 14.6. The van der Waals surface area contributed by atoms with Gasteiger partial charge >= 0.3 is 0 Å². The molecule has 3 rings (SSSR count). The molecule has 0 radical (unpaired) electrons. The van der Waals surface area contributed by atoms with E-state index in [4.69, 9.17) is 0 Å². The lowest BCUT2D eigenvalue weighted by Gasteiger charge is -2.46. The molecule has 0 bridgehead atoms. The molecule has 0 aromatic rings. The van der Waals surface area contributed by atoms with Crippen molar-refractivity contribution in [3.05, 3.63) is 0 Å². The Hall–Kier alpha value is -1.60. The van der Waals surface area contributed by atoms with Gasteiger partial charge in [0.05, 0.1) is 0 Å². The molecule has 0 aromatic heterocycles. The number of alkyl halides is 3. The quantitative estimate of drug-likeness (QED) is 0.672. The molecule has 3 fully saturated rings. The molecule has 26 heavy (non-hydrogen) atoms. The van der Waals surface area contributed by atoms with Crippen LogP contribution in [0.4, 0.5) is 13.2 Å². The van der Waals surface area contributed by atoms with Crippen LogP contribution in [0.25, 0.3) is 0 Å². The summed E-state index contributed by atoms with van der Waals surface area (Å²) in [4.78, 5) is 36.9. The Labute approximate surface area is 150 Å². The second-order valence-electron chi connectivity index (χ2n) is 8.32. The van der Waals surface area contributed by atoms with Gasteiger partial charge in [0.15, 0.2) is 0 Å². The number of hydrogen-bond donors (Lipinski definition) is 2. The Morgan fingerprint density at radius 3 is 2.15 bits per heavy atom. The van der Waals surface area contributed by atoms with Crippen molar-refractivity contribution in [3.8, 4) is 0 Å². The first-order valence-electron chi connectivity index (χ1n) is 9.28. The van der Waals surface area contributed by atoms with Crippen molar-refractivity contribution in [2.75, 3.05) is 0 Å². The molecule has 3 saturated carbocycles. The first-order chi connectivity index (χ1) is 12.0. The normalized spacial score (nSPS) is 26.5. The third-order valence-electron chi connectivity index (χ3n) is 5.66. The highest BCUT2D eigenvalue weighted by Gasteiger charge is 2.63. The molecule has 0 saturated heterocycles. The van der Waals surface area contributed by atoms with E-state index < -0.39 is 53.5 Å². The molecule has 1 atom stereocenters. The molecule has 2 N–H and O–H groups in total. The van der Waals surface area contributed by atoms with Gasteiger partial charge in [-0.3, -0.25) is 14.4 Å². The minimum Gasteiger partial charge on any atom is -0.347 e. The third kappa shape index (κ3) is 4.04. The van der Waals surface area contributed by atoms with Gasteiger partial charge in [0, 0.05) is 24.8 Å². The SMILES string of the molecule is CC(CC1(F)CCCC1)C(=O)NC1(C(=O)C(=O)NC2CC2)CC(F)(F)C1. The van der Waals surface area contributed by atoms with Gasteiger partial charge in [-0.1, -0.05) is 19.8 Å². The number of ketones is 1. The van der Waals surface area contributed by atoms with Gasteiger partial charge in [0.25, 0.3) is 11.8 Å². The highest BCUT2D eigenvalue weighted by Crippen LogP contribution is 2.47. The van der Waals surface area contributed by atoms with E-state index in [-0.39, 0.29) is 12.5 Å². The van der Waals surface area contributed by atoms with Crippen molar-refractivity contribution < 1.29 is 27.6 Å². The van der Waals surface area contributed by atoms with Crippen molar-refractivity contribution in [2.45, 2.75) is 87.9 Å². The van der Waals surface area contributed by atoms with Crippen molar-refractivity contribution in [2.24, 2.45) is 5.92 Å². The number of hydrogen-bond acceptors (Lipinski definition) is 3. The lowest BCUT2D eigenvalue weighted by molar-refractivity contribution is -0.168. The van der Waals surface area contributed by atoms with Gasteiger partial charge in [0.2, 0.25) is 11.7 Å². The lowest BCUT2D eigenvalue weighted by atomic mass is 9.69. The number of carbonyl (C=O) groups is 3. The van der Waals surface area contributed by atoms with E-state index in [1.807, 2.05) is 0 Å². The molecule has 0 heterocycles. The molecule has 0 aromatic carbocycles. The molecular weight excluding hydrogens is 349 g/mol. The molecular formula is C18H25F3N2O3. The zero-order chi connectivity index (χ0) is 19.2. The van der Waals surface area contributed by atoms with E-state index in [1.165, 1.54) is 6.92 Å². The van der Waals surface area contributed by atoms with Crippen LogP contribution in [0.2, 0.25) is 0 Å². The van der Waals surface area contributed by atoms with Crippen molar-refractivity contribution in [1.29, 1.82) is 0 Å². The van der Waals surface area contributed by atoms with Crippen LogP contribution in [0.3, 0.4) is 0 Å². The topological polar surface area (TPSA) is 75.3 Å². The third-order valence-corrected chi connectivity index (χ3v) is 5.66. The predicted molar refractivity (Wildman–Crippen MR) is 87.3 cm³/mol. The Kier molecular flexibility index (Phi) is 4.82. The number of nitrogens with one attached hydrogen (secondary N) is 2. The zero-order valence-electron chi connectivity index (χ0n) is 14.9. The predicted octanol–water partition coefficient (Wildman–Crippen LogP) is 2.43. The summed E-state index contributed by atoms with van der Waals surface area (Å²) >= 11 is 0. The lowest BCUT2D eigenvalue weighted by Crippen LogP contribution is -2.69. The molecule has 3 aliphatic carbocycles. The van der Waals surface area contributed by atoms with Crippen LogP contribution in [0.1, 0.15) is 64.7 Å². The average Bonchev–Trinajstić information content (AvgIpc) is 3.23. The Morgan fingerprint density at radius 2 is 1.65 bits per heavy atom. The molecule has 146 valence electrons. The van der Waals surface area contributed by atoms with E-state index in [1.54, 1.807) is 0 Å². The van der Waals surface area contributed by atoms with Gasteiger partial charge in [-0.25, -0.2) is 13.2 Å². The minimum atomic E-state index is -3.10. The van der Waals surface area contributed by atoms with Gasteiger partial charge in [-0.15, -0.1) is 0 Å². The number of amides is 2. The molecule has 5 nitrogen and oxygen atoms in total. The molecule has 2 amide bonds. The van der Waals surface area contributed by atoms with E-state index >= 15 is 0 Å². The smallest absolute Gasteiger partial charge is 0.290 e. The second-order valence-corrected chi connectivity index (χ2v) is 8.32. The van der Waals surface area contributed by atoms with Gasteiger partial charge < -0.3 is 10.6 Å². The summed E-state index contributed by atoms with van der Waals surface area (Å²) in [5, 5.41) is 4.83. The molecule has 8 heteroatoms. The highest BCUT2D eigenvalue weighted by molar-refractivity contribution is 6.40. The highest BCUT2D eigenvalue weighted by atomic mass is 19.3. The first kappa shape index (κ1) is 19.2. The van der Waals surface area contributed by atoms with Crippen LogP contribution in [-0.4, -0.2) is 40.8 Å². The number of Topliss-reactive ketones (excluding diaryl/α,β-unsaturated/α-hetero) is 1. The van der Waals surface area contributed by atoms with E-state index in [2.05, 4.69) is 10.6 Å². The van der Waals surface area contributed by atoms with Crippen LogP contribution in [0.5, 0.6) is 0 Å². The largest absolute Gasteiger partial charge is 0.347 e. The zero-order valence-corrected chi connectivity index (χ0v) is 14.9. The van der Waals surface area contributed by atoms with E-state index in [9.17, 15) is 27.6 Å². The summed E-state index contributed by atoms with van der Waals surface area (Å²) in [7, 11) is 0. The van der Waals surface area contributed by atoms with Crippen LogP contribution < -0.4 is 10.6 Å². The fourth-order valence-electron chi connectivity index (χ4n) is 4.05. The van der Waals surface area contributed by atoms with Crippen molar-refractivity contribution in [3.63, 3.8) is 0 Å². The van der Waals surface area contributed by atoms with E-state index in [0.29, 0.717) is 12.8 Å². The monoisotopic (exact) mass is 374 g/mol. The maximum Gasteiger partial charge on any atom is 0.290 e. The van der Waals surface area contributed by atoms with Gasteiger partial charge in [-0.2, -0.15) is 0 Å². The first-order valence-corrected chi connectivity index (χ1v) is 9.28. The summed E-state index contributed by atoms with van der Waals surface area (Å²) < 4.78 is 41.5. The maximum absolute atomic E-state index is 14.6. The Bertz CT molecular complexity index is 605. The van der Waals surface area contributed by atoms with Gasteiger partial charge in [0.1, 0.15) is 11.2 Å². The summed E-state index contributed by atoms with van der Waals surface area (Å²) in [5.41, 5.74) is -3.30. The Morgan fingerprint density at radius 1 is 1.08 bits per heavy atom. The molecule has 0 aliphatic heterocycles. The second kappa shape index (κ2) is 6.53. The number of halogens is 3. The summed E-state index contributed by atoms with van der Waals surface area (Å²) in [6.07, 6.45) is 2.02. The van der Waals surface area contributed by atoms with Crippen molar-refractivity contribution in [1.82, 2.24) is 10.6 Å². The van der Waals surface area contributed by atoms with Crippen LogP contribution in [0.15, 0.2) is 0 Å². The minimum absolute atomic E-state index is 0.00618. The fraction of sp³-hybridized carbons (Fsp3) is 0.833. The van der Waals surface area contributed by atoms with E-state index in [0.717, 1.165) is 25.7 Å².